The first-order valence-corrected chi connectivity index (χ1v) is 8.38. The highest BCUT2D eigenvalue weighted by atomic mass is 28.3. The zero-order chi connectivity index (χ0) is 13.8. The lowest BCUT2D eigenvalue weighted by Crippen LogP contribution is -2.27. The predicted molar refractivity (Wildman–Crippen MR) is 76.7 cm³/mol. The molecule has 0 aromatic carbocycles. The van der Waals surface area contributed by atoms with Crippen molar-refractivity contribution in [2.75, 3.05) is 32.9 Å². The van der Waals surface area contributed by atoms with E-state index >= 15 is 0 Å². The predicted octanol–water partition coefficient (Wildman–Crippen LogP) is 0.756. The van der Waals surface area contributed by atoms with Crippen LogP contribution in [0.5, 0.6) is 0 Å². The summed E-state index contributed by atoms with van der Waals surface area (Å²) in [5.41, 5.74) is 5.66. The molecule has 0 spiro atoms. The summed E-state index contributed by atoms with van der Waals surface area (Å²) in [5, 5.41) is 3.27. The zero-order valence-electron chi connectivity index (χ0n) is 12.3. The van der Waals surface area contributed by atoms with Crippen LogP contribution in [0.3, 0.4) is 0 Å². The van der Waals surface area contributed by atoms with Crippen molar-refractivity contribution >= 4 is 9.53 Å². The van der Waals surface area contributed by atoms with E-state index in [-0.39, 0.29) is 0 Å². The summed E-state index contributed by atoms with van der Waals surface area (Å²) in [6.45, 7) is 12.2. The van der Waals surface area contributed by atoms with E-state index in [2.05, 4.69) is 12.2 Å². The van der Waals surface area contributed by atoms with E-state index in [1.807, 2.05) is 20.8 Å². The fraction of sp³-hybridized carbons (Fsp3) is 1.00. The van der Waals surface area contributed by atoms with Crippen LogP contribution in [-0.2, 0) is 13.3 Å². The summed E-state index contributed by atoms with van der Waals surface area (Å²) >= 11 is 0. The molecule has 1 aliphatic rings. The Morgan fingerprint density at radius 1 is 1.17 bits per heavy atom. The van der Waals surface area contributed by atoms with E-state index in [0.29, 0.717) is 25.9 Å². The molecule has 0 aliphatic carbocycles. The lowest BCUT2D eigenvalue weighted by Gasteiger charge is -2.12. The molecule has 1 fully saturated rings. The Bertz CT molecular complexity index is 164. The van der Waals surface area contributed by atoms with Gasteiger partial charge in [-0.05, 0) is 53.1 Å². The maximum Gasteiger partial charge on any atom is 0.484 e. The molecule has 2 unspecified atom stereocenters. The molecule has 0 saturated carbocycles. The van der Waals surface area contributed by atoms with Gasteiger partial charge in [0, 0.05) is 25.9 Å². The van der Waals surface area contributed by atoms with Crippen LogP contribution in [0.15, 0.2) is 0 Å². The second kappa shape index (κ2) is 12.1. The normalized spacial score (nSPS) is 20.7. The van der Waals surface area contributed by atoms with Crippen molar-refractivity contribution in [2.45, 2.75) is 40.2 Å². The summed E-state index contributed by atoms with van der Waals surface area (Å²) in [4.78, 5) is 0. The monoisotopic (exact) mass is 278 g/mol. The number of rotatable bonds is 7. The van der Waals surface area contributed by atoms with Crippen molar-refractivity contribution in [3.63, 3.8) is 0 Å². The van der Waals surface area contributed by atoms with Crippen molar-refractivity contribution in [3.8, 4) is 0 Å². The van der Waals surface area contributed by atoms with Gasteiger partial charge in [-0.2, -0.15) is 0 Å². The molecule has 5 nitrogen and oxygen atoms in total. The highest BCUT2D eigenvalue weighted by Gasteiger charge is 2.17. The average Bonchev–Trinajstić information content (AvgIpc) is 2.84. The maximum atomic E-state index is 5.66. The zero-order valence-corrected chi connectivity index (χ0v) is 13.4. The second-order valence-electron chi connectivity index (χ2n) is 4.27. The number of hydrogen-bond donors (Lipinski definition) is 2. The lowest BCUT2D eigenvalue weighted by atomic mass is 10.0. The number of hydrogen-bond acceptors (Lipinski definition) is 5. The molecule has 1 rings (SSSR count). The molecule has 1 aliphatic heterocycles. The Hall–Kier alpha value is 0.0169. The molecule has 0 radical (unpaired) electrons. The highest BCUT2D eigenvalue weighted by molar-refractivity contribution is 6.36. The number of nitrogens with one attached hydrogen (secondary N) is 1. The summed E-state index contributed by atoms with van der Waals surface area (Å²) in [5.74, 6) is 0.731. The first-order valence-electron chi connectivity index (χ1n) is 6.96. The molecule has 1 saturated heterocycles. The third-order valence-corrected chi connectivity index (χ3v) is 4.57. The van der Waals surface area contributed by atoms with Gasteiger partial charge in [-0.1, -0.05) is 0 Å². The Morgan fingerprint density at radius 2 is 1.67 bits per heavy atom. The van der Waals surface area contributed by atoms with Crippen molar-refractivity contribution in [1.29, 1.82) is 0 Å². The molecule has 3 N–H and O–H groups in total. The largest absolute Gasteiger partial charge is 0.484 e. The van der Waals surface area contributed by atoms with E-state index in [1.54, 1.807) is 0 Å². The van der Waals surface area contributed by atoms with Crippen LogP contribution in [0.4, 0.5) is 0 Å². The van der Waals surface area contributed by atoms with Crippen LogP contribution in [0.25, 0.3) is 0 Å². The smallest absolute Gasteiger partial charge is 0.376 e. The Morgan fingerprint density at radius 3 is 1.89 bits per heavy atom. The molecular formula is C12H30N2O3Si. The lowest BCUT2D eigenvalue weighted by molar-refractivity contribution is 0.107. The molecule has 6 heteroatoms. The van der Waals surface area contributed by atoms with Crippen molar-refractivity contribution in [2.24, 2.45) is 11.7 Å². The van der Waals surface area contributed by atoms with Crippen LogP contribution < -0.4 is 11.1 Å². The van der Waals surface area contributed by atoms with E-state index in [9.17, 15) is 0 Å². The van der Waals surface area contributed by atoms with Crippen molar-refractivity contribution in [1.82, 2.24) is 5.32 Å². The summed E-state index contributed by atoms with van der Waals surface area (Å²) in [7, 11) is -1.73. The Balaban J connectivity index is 0.000000327. The molecule has 0 bridgehead atoms. The summed E-state index contributed by atoms with van der Waals surface area (Å²) in [6.07, 6.45) is 1.26. The second-order valence-corrected chi connectivity index (χ2v) is 5.84. The molecule has 18 heavy (non-hydrogen) atoms. The number of nitrogens with two attached hydrogens (primary N) is 1. The fourth-order valence-electron chi connectivity index (χ4n) is 1.68. The van der Waals surface area contributed by atoms with E-state index in [0.717, 1.165) is 19.0 Å². The molecule has 0 aromatic heterocycles. The minimum atomic E-state index is -1.73. The highest BCUT2D eigenvalue weighted by Crippen LogP contribution is 2.09. The Kier molecular flexibility index (Phi) is 12.1. The SMILES string of the molecule is CC(N)C1CCNC1.CCO[SiH](OCC)OCC. The van der Waals surface area contributed by atoms with E-state index in [4.69, 9.17) is 19.0 Å². The molecule has 2 atom stereocenters. The van der Waals surface area contributed by atoms with Gasteiger partial charge in [-0.3, -0.25) is 0 Å². The van der Waals surface area contributed by atoms with E-state index in [1.165, 1.54) is 6.42 Å². The first kappa shape index (κ1) is 18.0. The van der Waals surface area contributed by atoms with Gasteiger partial charge in [-0.15, -0.1) is 0 Å². The molecule has 110 valence electrons. The van der Waals surface area contributed by atoms with Gasteiger partial charge in [-0.25, -0.2) is 0 Å². The summed E-state index contributed by atoms with van der Waals surface area (Å²) in [6, 6.07) is 0.380. The molecule has 0 aromatic rings. The summed E-state index contributed by atoms with van der Waals surface area (Å²) < 4.78 is 15.7. The van der Waals surface area contributed by atoms with E-state index < -0.39 is 9.53 Å². The first-order chi connectivity index (χ1) is 8.65. The standard InChI is InChI=1S/C6H14N2.C6H16O3Si/c1-5(7)6-2-3-8-4-6;1-4-7-10(8-5-2)9-6-3/h5-6,8H,2-4,7H2,1H3;10H,4-6H2,1-3H3. The van der Waals surface area contributed by atoms with Crippen LogP contribution in [0.1, 0.15) is 34.1 Å². The van der Waals surface area contributed by atoms with Gasteiger partial charge >= 0.3 is 9.53 Å². The van der Waals surface area contributed by atoms with Crippen LogP contribution >= 0.6 is 0 Å². The van der Waals surface area contributed by atoms with Gasteiger partial charge in [0.25, 0.3) is 0 Å². The van der Waals surface area contributed by atoms with Crippen molar-refractivity contribution < 1.29 is 13.3 Å². The Labute approximate surface area is 113 Å². The van der Waals surface area contributed by atoms with Gasteiger partial charge in [0.1, 0.15) is 0 Å². The van der Waals surface area contributed by atoms with Crippen LogP contribution in [0.2, 0.25) is 0 Å². The third-order valence-electron chi connectivity index (χ3n) is 2.75. The molecular weight excluding hydrogens is 248 g/mol. The van der Waals surface area contributed by atoms with Gasteiger partial charge in [0.15, 0.2) is 0 Å². The van der Waals surface area contributed by atoms with Crippen LogP contribution in [-0.4, -0.2) is 48.5 Å². The van der Waals surface area contributed by atoms with Crippen molar-refractivity contribution in [3.05, 3.63) is 0 Å². The maximum absolute atomic E-state index is 5.66. The van der Waals surface area contributed by atoms with Gasteiger partial charge in [0.2, 0.25) is 0 Å². The van der Waals surface area contributed by atoms with Crippen LogP contribution in [0, 0.1) is 5.92 Å². The topological polar surface area (TPSA) is 65.7 Å². The average molecular weight is 278 g/mol. The quantitative estimate of drug-likeness (QED) is 0.673. The molecule has 1 heterocycles. The minimum absolute atomic E-state index is 0.380. The minimum Gasteiger partial charge on any atom is -0.376 e. The molecule has 0 amide bonds. The van der Waals surface area contributed by atoms with Gasteiger partial charge < -0.3 is 24.3 Å². The fourth-order valence-corrected chi connectivity index (χ4v) is 2.78. The third kappa shape index (κ3) is 9.01. The van der Waals surface area contributed by atoms with Gasteiger partial charge in [0.05, 0.1) is 0 Å².